The van der Waals surface area contributed by atoms with Crippen LogP contribution in [0.15, 0.2) is 61.2 Å². The molecule has 1 N–H and O–H groups in total. The number of hydrogen-bond acceptors (Lipinski definition) is 5. The van der Waals surface area contributed by atoms with Gasteiger partial charge in [0.15, 0.2) is 0 Å². The van der Waals surface area contributed by atoms with Gasteiger partial charge in [-0.15, -0.1) is 0 Å². The second-order valence-electron chi connectivity index (χ2n) is 5.96. The Morgan fingerprint density at radius 2 is 1.59 bits per heavy atom. The van der Waals surface area contributed by atoms with Gasteiger partial charge >= 0.3 is 11.9 Å². The first kappa shape index (κ1) is 21.8. The van der Waals surface area contributed by atoms with E-state index in [1.807, 2.05) is 19.1 Å². The lowest BCUT2D eigenvalue weighted by molar-refractivity contribution is -0.138. The quantitative estimate of drug-likeness (QED) is 0.265. The SMILES string of the molecule is C=CC(=O)OCCCOc1ccc(/C(=C\c2ccc(OCC)cc2)C(=O)O)cc1. The second-order valence-corrected chi connectivity index (χ2v) is 5.96. The van der Waals surface area contributed by atoms with Gasteiger partial charge in [0.2, 0.25) is 0 Å². The van der Waals surface area contributed by atoms with Crippen molar-refractivity contribution in [2.75, 3.05) is 19.8 Å². The van der Waals surface area contributed by atoms with Crippen molar-refractivity contribution >= 4 is 23.6 Å². The van der Waals surface area contributed by atoms with Crippen molar-refractivity contribution in [3.05, 3.63) is 72.3 Å². The number of esters is 1. The molecule has 0 unspecified atom stereocenters. The molecule has 0 saturated carbocycles. The summed E-state index contributed by atoms with van der Waals surface area (Å²) in [6.07, 6.45) is 3.27. The molecule has 0 fully saturated rings. The zero-order chi connectivity index (χ0) is 21.1. The molecule has 2 aromatic carbocycles. The minimum atomic E-state index is -1.02. The van der Waals surface area contributed by atoms with Gasteiger partial charge in [0.05, 0.1) is 25.4 Å². The molecular formula is C23H24O6. The molecule has 0 heterocycles. The highest BCUT2D eigenvalue weighted by Crippen LogP contribution is 2.23. The van der Waals surface area contributed by atoms with Gasteiger partial charge in [0.25, 0.3) is 0 Å². The molecule has 0 amide bonds. The summed E-state index contributed by atoms with van der Waals surface area (Å²) in [5, 5.41) is 9.59. The van der Waals surface area contributed by atoms with Crippen molar-refractivity contribution in [1.82, 2.24) is 0 Å². The summed E-state index contributed by atoms with van der Waals surface area (Å²) in [6, 6.07) is 14.0. The summed E-state index contributed by atoms with van der Waals surface area (Å²) in [4.78, 5) is 22.6. The monoisotopic (exact) mass is 396 g/mol. The molecule has 29 heavy (non-hydrogen) atoms. The van der Waals surface area contributed by atoms with E-state index in [-0.39, 0.29) is 12.2 Å². The van der Waals surface area contributed by atoms with Crippen LogP contribution in [0.1, 0.15) is 24.5 Å². The number of rotatable bonds is 11. The number of aliphatic carboxylic acids is 1. The van der Waals surface area contributed by atoms with Gasteiger partial charge in [-0.2, -0.15) is 0 Å². The van der Waals surface area contributed by atoms with Crippen molar-refractivity contribution in [1.29, 1.82) is 0 Å². The van der Waals surface area contributed by atoms with Crippen molar-refractivity contribution in [2.45, 2.75) is 13.3 Å². The number of hydrogen-bond donors (Lipinski definition) is 1. The Hall–Kier alpha value is -3.54. The van der Waals surface area contributed by atoms with Gasteiger partial charge in [-0.3, -0.25) is 0 Å². The maximum absolute atomic E-state index is 11.7. The lowest BCUT2D eigenvalue weighted by Crippen LogP contribution is -2.06. The van der Waals surface area contributed by atoms with Crippen molar-refractivity contribution in [3.8, 4) is 11.5 Å². The van der Waals surface area contributed by atoms with Crippen molar-refractivity contribution in [3.63, 3.8) is 0 Å². The Morgan fingerprint density at radius 1 is 0.966 bits per heavy atom. The summed E-state index contributed by atoms with van der Waals surface area (Å²) in [6.45, 7) is 6.42. The average molecular weight is 396 g/mol. The molecule has 0 bridgehead atoms. The van der Waals surface area contributed by atoms with Crippen LogP contribution in [-0.2, 0) is 14.3 Å². The third kappa shape index (κ3) is 7.18. The number of ether oxygens (including phenoxy) is 3. The molecule has 0 aliphatic carbocycles. The number of carbonyl (C=O) groups is 2. The Labute approximate surface area is 170 Å². The van der Waals surface area contributed by atoms with Crippen LogP contribution in [0.25, 0.3) is 11.6 Å². The summed E-state index contributed by atoms with van der Waals surface area (Å²) >= 11 is 0. The fourth-order valence-corrected chi connectivity index (χ4v) is 2.47. The molecule has 0 atom stereocenters. The first-order valence-electron chi connectivity index (χ1n) is 9.23. The number of benzene rings is 2. The second kappa shape index (κ2) is 11.3. The normalized spacial score (nSPS) is 10.9. The molecule has 0 aromatic heterocycles. The maximum atomic E-state index is 11.7. The Morgan fingerprint density at radius 3 is 2.17 bits per heavy atom. The van der Waals surface area contributed by atoms with Crippen LogP contribution in [0.5, 0.6) is 11.5 Å². The molecular weight excluding hydrogens is 372 g/mol. The fourth-order valence-electron chi connectivity index (χ4n) is 2.47. The number of carboxylic acid groups (broad SMARTS) is 1. The van der Waals surface area contributed by atoms with Gasteiger partial charge in [0.1, 0.15) is 11.5 Å². The van der Waals surface area contributed by atoms with Crippen LogP contribution in [0.4, 0.5) is 0 Å². The van der Waals surface area contributed by atoms with Crippen LogP contribution in [-0.4, -0.2) is 36.9 Å². The van der Waals surface area contributed by atoms with E-state index in [0.29, 0.717) is 30.9 Å². The van der Waals surface area contributed by atoms with E-state index in [9.17, 15) is 14.7 Å². The summed E-state index contributed by atoms with van der Waals surface area (Å²) in [5.41, 5.74) is 1.51. The Bertz CT molecular complexity index is 850. The third-order valence-corrected chi connectivity index (χ3v) is 3.87. The van der Waals surface area contributed by atoms with Crippen molar-refractivity contribution < 1.29 is 28.9 Å². The molecule has 0 spiro atoms. The summed E-state index contributed by atoms with van der Waals surface area (Å²) < 4.78 is 15.8. The van der Waals surface area contributed by atoms with E-state index in [0.717, 1.165) is 17.4 Å². The van der Waals surface area contributed by atoms with Crippen LogP contribution in [0.2, 0.25) is 0 Å². The molecule has 2 aromatic rings. The number of carboxylic acids is 1. The van der Waals surface area contributed by atoms with Gasteiger partial charge in [-0.05, 0) is 48.4 Å². The molecule has 0 radical (unpaired) electrons. The first-order valence-corrected chi connectivity index (χ1v) is 9.23. The predicted octanol–water partition coefficient (Wildman–Crippen LogP) is 4.21. The minimum absolute atomic E-state index is 0.178. The van der Waals surface area contributed by atoms with E-state index in [4.69, 9.17) is 14.2 Å². The van der Waals surface area contributed by atoms with E-state index in [1.165, 1.54) is 0 Å². The predicted molar refractivity (Wildman–Crippen MR) is 111 cm³/mol. The highest BCUT2D eigenvalue weighted by Gasteiger charge is 2.11. The van der Waals surface area contributed by atoms with Gasteiger partial charge < -0.3 is 19.3 Å². The van der Waals surface area contributed by atoms with E-state index >= 15 is 0 Å². The fraction of sp³-hybridized carbons (Fsp3) is 0.217. The smallest absolute Gasteiger partial charge is 0.336 e. The van der Waals surface area contributed by atoms with E-state index in [1.54, 1.807) is 42.5 Å². The molecule has 0 aliphatic rings. The first-order chi connectivity index (χ1) is 14.0. The third-order valence-electron chi connectivity index (χ3n) is 3.87. The van der Waals surface area contributed by atoms with Gasteiger partial charge in [0, 0.05) is 12.5 Å². The largest absolute Gasteiger partial charge is 0.494 e. The van der Waals surface area contributed by atoms with E-state index in [2.05, 4.69) is 6.58 Å². The highest BCUT2D eigenvalue weighted by molar-refractivity contribution is 6.20. The maximum Gasteiger partial charge on any atom is 0.336 e. The van der Waals surface area contributed by atoms with Crippen LogP contribution in [0, 0.1) is 0 Å². The lowest BCUT2D eigenvalue weighted by Gasteiger charge is -2.08. The molecule has 6 nitrogen and oxygen atoms in total. The van der Waals surface area contributed by atoms with Crippen molar-refractivity contribution in [2.24, 2.45) is 0 Å². The highest BCUT2D eigenvalue weighted by atomic mass is 16.5. The standard InChI is InChI=1S/C23H24O6/c1-3-22(24)29-15-5-14-28-20-12-8-18(9-13-20)21(23(25)26)16-17-6-10-19(11-7-17)27-4-2/h3,6-13,16H,1,4-5,14-15H2,2H3,(H,25,26)/b21-16+. The zero-order valence-corrected chi connectivity index (χ0v) is 16.3. The molecule has 2 rings (SSSR count). The minimum Gasteiger partial charge on any atom is -0.494 e. The Balaban J connectivity index is 2.00. The molecule has 152 valence electrons. The van der Waals surface area contributed by atoms with Crippen LogP contribution < -0.4 is 9.47 Å². The lowest BCUT2D eigenvalue weighted by atomic mass is 10.0. The van der Waals surface area contributed by atoms with E-state index < -0.39 is 11.9 Å². The Kier molecular flexibility index (Phi) is 8.51. The summed E-state index contributed by atoms with van der Waals surface area (Å²) in [5.74, 6) is -0.136. The van der Waals surface area contributed by atoms with Gasteiger partial charge in [-0.1, -0.05) is 30.8 Å². The molecule has 0 aliphatic heterocycles. The van der Waals surface area contributed by atoms with Crippen LogP contribution >= 0.6 is 0 Å². The topological polar surface area (TPSA) is 82.1 Å². The summed E-state index contributed by atoms with van der Waals surface area (Å²) in [7, 11) is 0. The van der Waals surface area contributed by atoms with Crippen LogP contribution in [0.3, 0.4) is 0 Å². The number of carbonyl (C=O) groups excluding carboxylic acids is 1. The zero-order valence-electron chi connectivity index (χ0n) is 16.3. The average Bonchev–Trinajstić information content (AvgIpc) is 2.73. The molecule has 0 saturated heterocycles. The molecule has 6 heteroatoms. The van der Waals surface area contributed by atoms with Gasteiger partial charge in [-0.25, -0.2) is 9.59 Å².